The van der Waals surface area contributed by atoms with Gasteiger partial charge in [0.05, 0.1) is 6.20 Å². The molecule has 0 fully saturated rings. The Labute approximate surface area is 143 Å². The van der Waals surface area contributed by atoms with Crippen molar-refractivity contribution in [3.05, 3.63) is 48.0 Å². The highest BCUT2D eigenvalue weighted by molar-refractivity contribution is 5.88. The van der Waals surface area contributed by atoms with Gasteiger partial charge in [-0.05, 0) is 24.3 Å². The standard InChI is InChI=1S/C15H11F4N5O2/c16-9-3-1-8(2-4-9)10-7-20-12(26-10)6-5-11(25)21-14-22-13(23-24-14)15(17,18)19/h1-4,7H,5-6H2,(H2,21,22,23,24,25). The fourth-order valence-electron chi connectivity index (χ4n) is 2.03. The predicted octanol–water partition coefficient (Wildman–Crippen LogP) is 3.19. The van der Waals surface area contributed by atoms with Crippen molar-refractivity contribution in [2.45, 2.75) is 19.0 Å². The second-order valence-electron chi connectivity index (χ2n) is 5.18. The Morgan fingerprint density at radius 2 is 1.96 bits per heavy atom. The first-order valence-electron chi connectivity index (χ1n) is 7.31. The smallest absolute Gasteiger partial charge is 0.441 e. The molecule has 11 heteroatoms. The van der Waals surface area contributed by atoms with Crippen molar-refractivity contribution in [2.24, 2.45) is 0 Å². The first-order valence-corrected chi connectivity index (χ1v) is 7.31. The zero-order valence-corrected chi connectivity index (χ0v) is 13.0. The number of H-pyrrole nitrogens is 1. The molecule has 136 valence electrons. The van der Waals surface area contributed by atoms with Crippen LogP contribution in [0.5, 0.6) is 0 Å². The van der Waals surface area contributed by atoms with E-state index in [0.29, 0.717) is 11.3 Å². The minimum Gasteiger partial charge on any atom is -0.441 e. The molecule has 2 N–H and O–H groups in total. The number of amides is 1. The van der Waals surface area contributed by atoms with Gasteiger partial charge >= 0.3 is 6.18 Å². The number of rotatable bonds is 5. The summed E-state index contributed by atoms with van der Waals surface area (Å²) in [6.45, 7) is 0. The summed E-state index contributed by atoms with van der Waals surface area (Å²) in [6, 6.07) is 5.59. The van der Waals surface area contributed by atoms with Crippen molar-refractivity contribution in [1.29, 1.82) is 0 Å². The molecule has 0 saturated carbocycles. The van der Waals surface area contributed by atoms with Gasteiger partial charge in [-0.15, -0.1) is 5.10 Å². The van der Waals surface area contributed by atoms with E-state index in [0.717, 1.165) is 0 Å². The van der Waals surface area contributed by atoms with E-state index in [1.165, 1.54) is 30.5 Å². The third kappa shape index (κ3) is 4.23. The highest BCUT2D eigenvalue weighted by atomic mass is 19.4. The Hall–Kier alpha value is -3.24. The molecule has 0 saturated heterocycles. The van der Waals surface area contributed by atoms with E-state index in [9.17, 15) is 22.4 Å². The molecule has 0 bridgehead atoms. The van der Waals surface area contributed by atoms with E-state index in [2.05, 4.69) is 20.4 Å². The maximum Gasteiger partial charge on any atom is 0.451 e. The average Bonchev–Trinajstić information content (AvgIpc) is 3.22. The van der Waals surface area contributed by atoms with Crippen molar-refractivity contribution in [1.82, 2.24) is 20.2 Å². The molecule has 0 unspecified atom stereocenters. The molecule has 1 aromatic carbocycles. The highest BCUT2D eigenvalue weighted by Crippen LogP contribution is 2.26. The minimum atomic E-state index is -4.68. The number of benzene rings is 1. The highest BCUT2D eigenvalue weighted by Gasteiger charge is 2.35. The largest absolute Gasteiger partial charge is 0.451 e. The van der Waals surface area contributed by atoms with Crippen LogP contribution in [0.2, 0.25) is 0 Å². The van der Waals surface area contributed by atoms with Gasteiger partial charge in [-0.2, -0.15) is 18.2 Å². The third-order valence-electron chi connectivity index (χ3n) is 3.25. The molecule has 0 aliphatic rings. The van der Waals surface area contributed by atoms with Crippen molar-refractivity contribution in [3.8, 4) is 11.3 Å². The Morgan fingerprint density at radius 3 is 2.62 bits per heavy atom. The first-order chi connectivity index (χ1) is 12.3. The summed E-state index contributed by atoms with van der Waals surface area (Å²) in [5.41, 5.74) is 0.620. The molecule has 2 aromatic heterocycles. The molecule has 2 heterocycles. The number of hydrogen-bond donors (Lipinski definition) is 2. The molecule has 0 aliphatic heterocycles. The normalized spacial score (nSPS) is 11.5. The Balaban J connectivity index is 1.55. The Morgan fingerprint density at radius 1 is 1.23 bits per heavy atom. The van der Waals surface area contributed by atoms with Crippen LogP contribution in [-0.2, 0) is 17.4 Å². The molecular formula is C15H11F4N5O2. The van der Waals surface area contributed by atoms with Crippen LogP contribution in [0, 0.1) is 5.82 Å². The molecule has 1 amide bonds. The first kappa shape index (κ1) is 17.6. The van der Waals surface area contributed by atoms with E-state index in [-0.39, 0.29) is 24.5 Å². The van der Waals surface area contributed by atoms with E-state index in [1.54, 1.807) is 5.10 Å². The molecule has 3 aromatic rings. The van der Waals surface area contributed by atoms with Crippen molar-refractivity contribution >= 4 is 11.9 Å². The summed E-state index contributed by atoms with van der Waals surface area (Å²) in [7, 11) is 0. The van der Waals surface area contributed by atoms with Crippen LogP contribution in [0.1, 0.15) is 18.1 Å². The number of alkyl halides is 3. The summed E-state index contributed by atoms with van der Waals surface area (Å²) < 4.78 is 55.5. The number of anilines is 1. The van der Waals surface area contributed by atoms with E-state index < -0.39 is 23.9 Å². The maximum absolute atomic E-state index is 12.9. The van der Waals surface area contributed by atoms with Gasteiger partial charge in [-0.3, -0.25) is 15.2 Å². The molecule has 3 rings (SSSR count). The fraction of sp³-hybridized carbons (Fsp3) is 0.200. The molecule has 0 radical (unpaired) electrons. The van der Waals surface area contributed by atoms with Crippen molar-refractivity contribution in [2.75, 3.05) is 5.32 Å². The van der Waals surface area contributed by atoms with Crippen LogP contribution in [0.25, 0.3) is 11.3 Å². The monoisotopic (exact) mass is 369 g/mol. The van der Waals surface area contributed by atoms with Crippen LogP contribution in [0.15, 0.2) is 34.9 Å². The maximum atomic E-state index is 12.9. The number of aryl methyl sites for hydroxylation is 1. The number of hydrogen-bond acceptors (Lipinski definition) is 5. The number of carbonyl (C=O) groups excluding carboxylic acids is 1. The SMILES string of the molecule is O=C(CCc1ncc(-c2ccc(F)cc2)o1)Nc1n[nH]c(C(F)(F)F)n1. The van der Waals surface area contributed by atoms with Gasteiger partial charge < -0.3 is 4.42 Å². The summed E-state index contributed by atoms with van der Waals surface area (Å²) in [5.74, 6) is -2.09. The lowest BCUT2D eigenvalue weighted by Gasteiger charge is -2.00. The third-order valence-corrected chi connectivity index (χ3v) is 3.25. The Bertz CT molecular complexity index is 901. The number of carbonyl (C=O) groups is 1. The summed E-state index contributed by atoms with van der Waals surface area (Å²) in [5, 5.41) is 7.11. The number of nitrogens with one attached hydrogen (secondary N) is 2. The van der Waals surface area contributed by atoms with Crippen molar-refractivity contribution in [3.63, 3.8) is 0 Å². The van der Waals surface area contributed by atoms with Gasteiger partial charge in [0, 0.05) is 18.4 Å². The quantitative estimate of drug-likeness (QED) is 0.674. The Kier molecular flexibility index (Phi) is 4.69. The number of aromatic nitrogens is 4. The summed E-state index contributed by atoms with van der Waals surface area (Å²) in [4.78, 5) is 18.9. The topological polar surface area (TPSA) is 96.7 Å². The van der Waals surface area contributed by atoms with Gasteiger partial charge in [-0.1, -0.05) is 0 Å². The second kappa shape index (κ2) is 6.94. The lowest BCUT2D eigenvalue weighted by Crippen LogP contribution is -2.14. The lowest BCUT2D eigenvalue weighted by molar-refractivity contribution is -0.144. The van der Waals surface area contributed by atoms with Gasteiger partial charge in [0.1, 0.15) is 5.82 Å². The zero-order valence-electron chi connectivity index (χ0n) is 13.0. The summed E-state index contributed by atoms with van der Waals surface area (Å²) >= 11 is 0. The van der Waals surface area contributed by atoms with Crippen LogP contribution in [0.3, 0.4) is 0 Å². The van der Waals surface area contributed by atoms with Gasteiger partial charge in [0.2, 0.25) is 17.7 Å². The van der Waals surface area contributed by atoms with Gasteiger partial charge in [0.15, 0.2) is 11.7 Å². The fourth-order valence-corrected chi connectivity index (χ4v) is 2.03. The second-order valence-corrected chi connectivity index (χ2v) is 5.18. The van der Waals surface area contributed by atoms with E-state index in [4.69, 9.17) is 4.42 Å². The molecule has 26 heavy (non-hydrogen) atoms. The van der Waals surface area contributed by atoms with Crippen LogP contribution < -0.4 is 5.32 Å². The van der Waals surface area contributed by atoms with Gasteiger partial charge in [0.25, 0.3) is 0 Å². The number of nitrogens with zero attached hydrogens (tertiary/aromatic N) is 3. The molecule has 7 nitrogen and oxygen atoms in total. The lowest BCUT2D eigenvalue weighted by atomic mass is 10.2. The van der Waals surface area contributed by atoms with E-state index >= 15 is 0 Å². The van der Waals surface area contributed by atoms with E-state index in [1.807, 2.05) is 0 Å². The number of halogens is 4. The predicted molar refractivity (Wildman–Crippen MR) is 80.2 cm³/mol. The summed E-state index contributed by atoms with van der Waals surface area (Å²) in [6.07, 6.45) is -3.22. The number of oxazole rings is 1. The van der Waals surface area contributed by atoms with Crippen LogP contribution in [0.4, 0.5) is 23.5 Å². The number of aromatic amines is 1. The molecule has 0 atom stereocenters. The van der Waals surface area contributed by atoms with Crippen LogP contribution >= 0.6 is 0 Å². The van der Waals surface area contributed by atoms with Gasteiger partial charge in [-0.25, -0.2) is 9.37 Å². The average molecular weight is 369 g/mol. The zero-order chi connectivity index (χ0) is 18.7. The molecular weight excluding hydrogens is 358 g/mol. The van der Waals surface area contributed by atoms with Crippen molar-refractivity contribution < 1.29 is 26.8 Å². The molecule has 0 spiro atoms. The minimum absolute atomic E-state index is 0.0980. The molecule has 0 aliphatic carbocycles. The van der Waals surface area contributed by atoms with Crippen LogP contribution in [-0.4, -0.2) is 26.1 Å².